The third kappa shape index (κ3) is 4.02. The number of nitrogens with zero attached hydrogens (tertiary/aromatic N) is 2. The molecule has 0 aliphatic heterocycles. The summed E-state index contributed by atoms with van der Waals surface area (Å²) in [7, 11) is 0. The van der Waals surface area contributed by atoms with Gasteiger partial charge in [0.1, 0.15) is 6.04 Å². The minimum atomic E-state index is -0.287. The Kier molecular flexibility index (Phi) is 4.98. The van der Waals surface area contributed by atoms with Gasteiger partial charge < -0.3 is 10.1 Å². The summed E-state index contributed by atoms with van der Waals surface area (Å²) in [6.45, 7) is 6.77. The fourth-order valence-electron chi connectivity index (χ4n) is 1.50. The second-order valence-corrected chi connectivity index (χ2v) is 3.77. The quantitative estimate of drug-likeness (QED) is 0.728. The first-order chi connectivity index (χ1) is 7.63. The monoisotopic (exact) mass is 225 g/mol. The van der Waals surface area contributed by atoms with Crippen LogP contribution in [-0.2, 0) is 16.1 Å². The van der Waals surface area contributed by atoms with Crippen molar-refractivity contribution in [2.24, 2.45) is 0 Å². The maximum absolute atomic E-state index is 11.4. The van der Waals surface area contributed by atoms with E-state index in [1.165, 1.54) is 0 Å². The molecule has 1 heterocycles. The highest BCUT2D eigenvalue weighted by atomic mass is 16.5. The van der Waals surface area contributed by atoms with Gasteiger partial charge in [-0.25, -0.2) is 0 Å². The SMILES string of the molecule is CCOC(=O)C(C)NC(C)Cn1cccn1. The third-order valence-electron chi connectivity index (χ3n) is 2.19. The van der Waals surface area contributed by atoms with Crippen molar-refractivity contribution in [2.75, 3.05) is 6.61 Å². The molecule has 0 fully saturated rings. The van der Waals surface area contributed by atoms with E-state index >= 15 is 0 Å². The number of nitrogens with one attached hydrogen (secondary N) is 1. The number of esters is 1. The van der Waals surface area contributed by atoms with Gasteiger partial charge in [-0.1, -0.05) is 0 Å². The highest BCUT2D eigenvalue weighted by Crippen LogP contribution is 1.95. The van der Waals surface area contributed by atoms with Crippen molar-refractivity contribution >= 4 is 5.97 Å². The summed E-state index contributed by atoms with van der Waals surface area (Å²) in [6.07, 6.45) is 3.63. The maximum atomic E-state index is 11.4. The van der Waals surface area contributed by atoms with E-state index in [9.17, 15) is 4.79 Å². The Morgan fingerprint density at radius 1 is 1.56 bits per heavy atom. The first kappa shape index (κ1) is 12.7. The van der Waals surface area contributed by atoms with Crippen LogP contribution in [0.15, 0.2) is 18.5 Å². The summed E-state index contributed by atoms with van der Waals surface area (Å²) in [5, 5.41) is 7.27. The number of carbonyl (C=O) groups excluding carboxylic acids is 1. The Morgan fingerprint density at radius 3 is 2.88 bits per heavy atom. The first-order valence-corrected chi connectivity index (χ1v) is 5.53. The van der Waals surface area contributed by atoms with Crippen molar-refractivity contribution in [3.8, 4) is 0 Å². The van der Waals surface area contributed by atoms with Crippen molar-refractivity contribution in [1.29, 1.82) is 0 Å². The van der Waals surface area contributed by atoms with E-state index in [-0.39, 0.29) is 18.1 Å². The molecule has 0 spiro atoms. The summed E-state index contributed by atoms with van der Waals surface area (Å²) >= 11 is 0. The predicted molar refractivity (Wildman–Crippen MR) is 60.9 cm³/mol. The number of hydrogen-bond acceptors (Lipinski definition) is 4. The molecule has 0 radical (unpaired) electrons. The summed E-state index contributed by atoms with van der Waals surface area (Å²) in [6, 6.07) is 1.76. The van der Waals surface area contributed by atoms with Gasteiger partial charge in [0.05, 0.1) is 13.2 Å². The van der Waals surface area contributed by atoms with Crippen LogP contribution in [0.4, 0.5) is 0 Å². The Bertz CT molecular complexity index is 311. The van der Waals surface area contributed by atoms with Crippen molar-refractivity contribution in [1.82, 2.24) is 15.1 Å². The average Bonchev–Trinajstić information content (AvgIpc) is 2.70. The molecule has 16 heavy (non-hydrogen) atoms. The molecule has 0 saturated carbocycles. The maximum Gasteiger partial charge on any atom is 0.322 e. The lowest BCUT2D eigenvalue weighted by molar-refractivity contribution is -0.145. The van der Waals surface area contributed by atoms with E-state index in [4.69, 9.17) is 4.74 Å². The van der Waals surface area contributed by atoms with Gasteiger partial charge in [-0.2, -0.15) is 5.10 Å². The third-order valence-corrected chi connectivity index (χ3v) is 2.19. The van der Waals surface area contributed by atoms with Crippen LogP contribution < -0.4 is 5.32 Å². The van der Waals surface area contributed by atoms with E-state index in [1.807, 2.05) is 23.9 Å². The van der Waals surface area contributed by atoms with Gasteiger partial charge in [0.2, 0.25) is 0 Å². The number of hydrogen-bond donors (Lipinski definition) is 1. The molecule has 1 aromatic rings. The molecule has 2 atom stereocenters. The second-order valence-electron chi connectivity index (χ2n) is 3.77. The number of aromatic nitrogens is 2. The molecule has 1 aromatic heterocycles. The number of rotatable bonds is 6. The fraction of sp³-hybridized carbons (Fsp3) is 0.636. The van der Waals surface area contributed by atoms with Crippen LogP contribution >= 0.6 is 0 Å². The topological polar surface area (TPSA) is 56.1 Å². The van der Waals surface area contributed by atoms with Crippen LogP contribution in [0.3, 0.4) is 0 Å². The van der Waals surface area contributed by atoms with Gasteiger partial charge in [0.25, 0.3) is 0 Å². The normalized spacial score (nSPS) is 14.4. The van der Waals surface area contributed by atoms with Crippen molar-refractivity contribution in [3.05, 3.63) is 18.5 Å². The molecule has 0 aliphatic carbocycles. The van der Waals surface area contributed by atoms with Crippen LogP contribution in [0.25, 0.3) is 0 Å². The average molecular weight is 225 g/mol. The Hall–Kier alpha value is -1.36. The summed E-state index contributed by atoms with van der Waals surface area (Å²) in [5.74, 6) is -0.213. The van der Waals surface area contributed by atoms with Crippen molar-refractivity contribution in [3.63, 3.8) is 0 Å². The highest BCUT2D eigenvalue weighted by molar-refractivity contribution is 5.75. The molecule has 2 unspecified atom stereocenters. The van der Waals surface area contributed by atoms with Gasteiger partial charge in [-0.05, 0) is 26.8 Å². The van der Waals surface area contributed by atoms with E-state index in [0.717, 1.165) is 6.54 Å². The second kappa shape index (κ2) is 6.27. The smallest absolute Gasteiger partial charge is 0.322 e. The lowest BCUT2D eigenvalue weighted by Gasteiger charge is -2.18. The van der Waals surface area contributed by atoms with Crippen LogP contribution in [0.2, 0.25) is 0 Å². The molecular weight excluding hydrogens is 206 g/mol. The Labute approximate surface area is 95.8 Å². The molecule has 0 saturated heterocycles. The standard InChI is InChI=1S/C11H19N3O2/c1-4-16-11(15)10(3)13-9(2)8-14-7-5-6-12-14/h5-7,9-10,13H,4,8H2,1-3H3. The van der Waals surface area contributed by atoms with E-state index in [0.29, 0.717) is 6.61 Å². The van der Waals surface area contributed by atoms with Gasteiger partial charge in [-0.15, -0.1) is 0 Å². The van der Waals surface area contributed by atoms with Gasteiger partial charge in [0.15, 0.2) is 0 Å². The van der Waals surface area contributed by atoms with E-state index in [2.05, 4.69) is 10.4 Å². The van der Waals surface area contributed by atoms with E-state index in [1.54, 1.807) is 20.0 Å². The fourth-order valence-corrected chi connectivity index (χ4v) is 1.50. The van der Waals surface area contributed by atoms with Gasteiger partial charge in [0, 0.05) is 18.4 Å². The zero-order chi connectivity index (χ0) is 12.0. The molecule has 1 N–H and O–H groups in total. The molecule has 0 aliphatic rings. The summed E-state index contributed by atoms with van der Waals surface area (Å²) in [4.78, 5) is 11.4. The lowest BCUT2D eigenvalue weighted by Crippen LogP contribution is -2.42. The van der Waals surface area contributed by atoms with Gasteiger partial charge >= 0.3 is 5.97 Å². The first-order valence-electron chi connectivity index (χ1n) is 5.53. The summed E-state index contributed by atoms with van der Waals surface area (Å²) in [5.41, 5.74) is 0. The molecular formula is C11H19N3O2. The zero-order valence-corrected chi connectivity index (χ0v) is 10.0. The lowest BCUT2D eigenvalue weighted by atomic mass is 10.2. The van der Waals surface area contributed by atoms with Crippen molar-refractivity contribution in [2.45, 2.75) is 39.4 Å². The van der Waals surface area contributed by atoms with Crippen LogP contribution in [0.5, 0.6) is 0 Å². The number of ether oxygens (including phenoxy) is 1. The van der Waals surface area contributed by atoms with Gasteiger partial charge in [-0.3, -0.25) is 9.48 Å². The Morgan fingerprint density at radius 2 is 2.31 bits per heavy atom. The predicted octanol–water partition coefficient (Wildman–Crippen LogP) is 0.813. The number of carbonyl (C=O) groups is 1. The van der Waals surface area contributed by atoms with Crippen LogP contribution in [-0.4, -0.2) is 34.4 Å². The molecule has 5 nitrogen and oxygen atoms in total. The molecule has 0 aromatic carbocycles. The Balaban J connectivity index is 2.33. The zero-order valence-electron chi connectivity index (χ0n) is 10.0. The largest absolute Gasteiger partial charge is 0.465 e. The molecule has 0 amide bonds. The molecule has 0 bridgehead atoms. The van der Waals surface area contributed by atoms with E-state index < -0.39 is 0 Å². The van der Waals surface area contributed by atoms with Crippen LogP contribution in [0, 0.1) is 0 Å². The highest BCUT2D eigenvalue weighted by Gasteiger charge is 2.16. The molecule has 90 valence electrons. The minimum absolute atomic E-state index is 0.166. The molecule has 1 rings (SSSR count). The minimum Gasteiger partial charge on any atom is -0.465 e. The van der Waals surface area contributed by atoms with Crippen LogP contribution in [0.1, 0.15) is 20.8 Å². The summed E-state index contributed by atoms with van der Waals surface area (Å²) < 4.78 is 6.74. The molecule has 5 heteroatoms. The van der Waals surface area contributed by atoms with Crippen molar-refractivity contribution < 1.29 is 9.53 Å².